The van der Waals surface area contributed by atoms with Gasteiger partial charge in [0.25, 0.3) is 0 Å². The highest BCUT2D eigenvalue weighted by molar-refractivity contribution is 7.84. The Kier molecular flexibility index (Phi) is 4.76. The topological polar surface area (TPSA) is 61.5 Å². The van der Waals surface area contributed by atoms with Crippen LogP contribution in [0.25, 0.3) is 0 Å². The van der Waals surface area contributed by atoms with Gasteiger partial charge in [0.05, 0.1) is 14.2 Å². The van der Waals surface area contributed by atoms with Gasteiger partial charge in [0.15, 0.2) is 0 Å². The molecule has 0 aliphatic heterocycles. The summed E-state index contributed by atoms with van der Waals surface area (Å²) < 4.78 is 21.4. The zero-order valence-corrected chi connectivity index (χ0v) is 10.5. The van der Waals surface area contributed by atoms with Crippen molar-refractivity contribution in [2.45, 2.75) is 6.04 Å². The zero-order valence-electron chi connectivity index (χ0n) is 9.73. The molecule has 0 aromatic heterocycles. The molecule has 0 saturated heterocycles. The maximum absolute atomic E-state index is 11.1. The van der Waals surface area contributed by atoms with Crippen molar-refractivity contribution < 1.29 is 13.7 Å². The maximum atomic E-state index is 11.1. The van der Waals surface area contributed by atoms with Crippen LogP contribution in [0.4, 0.5) is 0 Å². The van der Waals surface area contributed by atoms with Crippen molar-refractivity contribution in [2.24, 2.45) is 5.73 Å². The molecule has 16 heavy (non-hydrogen) atoms. The van der Waals surface area contributed by atoms with E-state index < -0.39 is 10.8 Å². The van der Waals surface area contributed by atoms with Gasteiger partial charge in [0, 0.05) is 40.5 Å². The summed E-state index contributed by atoms with van der Waals surface area (Å²) in [5, 5.41) is 0. The van der Waals surface area contributed by atoms with E-state index in [4.69, 9.17) is 15.2 Å². The molecule has 0 radical (unpaired) electrons. The molecular formula is C11H17NO3S. The van der Waals surface area contributed by atoms with Crippen LogP contribution in [-0.2, 0) is 10.8 Å². The van der Waals surface area contributed by atoms with Crippen LogP contribution >= 0.6 is 0 Å². The Morgan fingerprint density at radius 2 is 2.06 bits per heavy atom. The zero-order chi connectivity index (χ0) is 12.1. The lowest BCUT2D eigenvalue weighted by Crippen LogP contribution is -2.18. The summed E-state index contributed by atoms with van der Waals surface area (Å²) in [4.78, 5) is 0. The predicted molar refractivity (Wildman–Crippen MR) is 65.4 cm³/mol. The lowest BCUT2D eigenvalue weighted by atomic mass is 10.1. The average Bonchev–Trinajstić information content (AvgIpc) is 2.27. The molecule has 1 aromatic carbocycles. The maximum Gasteiger partial charge on any atom is 0.127 e. The number of methoxy groups -OCH3 is 2. The average molecular weight is 243 g/mol. The highest BCUT2D eigenvalue weighted by atomic mass is 32.2. The SMILES string of the molecule is COc1ccc(C(N)CS(C)=O)c(OC)c1. The van der Waals surface area contributed by atoms with Crippen LogP contribution in [0.1, 0.15) is 11.6 Å². The lowest BCUT2D eigenvalue weighted by Gasteiger charge is -2.15. The number of hydrogen-bond acceptors (Lipinski definition) is 4. The number of hydrogen-bond donors (Lipinski definition) is 1. The van der Waals surface area contributed by atoms with E-state index in [0.29, 0.717) is 17.3 Å². The van der Waals surface area contributed by atoms with Crippen LogP contribution in [-0.4, -0.2) is 30.4 Å². The molecule has 1 aromatic rings. The van der Waals surface area contributed by atoms with E-state index >= 15 is 0 Å². The van der Waals surface area contributed by atoms with Gasteiger partial charge in [0.1, 0.15) is 11.5 Å². The summed E-state index contributed by atoms with van der Waals surface area (Å²) >= 11 is 0. The first-order chi connectivity index (χ1) is 7.58. The first kappa shape index (κ1) is 13.0. The highest BCUT2D eigenvalue weighted by Gasteiger charge is 2.14. The predicted octanol–water partition coefficient (Wildman–Crippen LogP) is 1.08. The van der Waals surface area contributed by atoms with Gasteiger partial charge in [-0.25, -0.2) is 0 Å². The van der Waals surface area contributed by atoms with Crippen LogP contribution < -0.4 is 15.2 Å². The minimum atomic E-state index is -0.925. The van der Waals surface area contributed by atoms with E-state index in [1.54, 1.807) is 26.5 Å². The molecule has 2 atom stereocenters. The normalized spacial score (nSPS) is 14.2. The third-order valence-corrected chi connectivity index (χ3v) is 3.08. The fourth-order valence-electron chi connectivity index (χ4n) is 1.47. The van der Waals surface area contributed by atoms with Gasteiger partial charge in [0.2, 0.25) is 0 Å². The van der Waals surface area contributed by atoms with Crippen molar-refractivity contribution in [3.8, 4) is 11.5 Å². The van der Waals surface area contributed by atoms with Gasteiger partial charge >= 0.3 is 0 Å². The lowest BCUT2D eigenvalue weighted by molar-refractivity contribution is 0.389. The van der Waals surface area contributed by atoms with Gasteiger partial charge in [-0.3, -0.25) is 4.21 Å². The van der Waals surface area contributed by atoms with Crippen LogP contribution in [0.2, 0.25) is 0 Å². The quantitative estimate of drug-likeness (QED) is 0.840. The second-order valence-electron chi connectivity index (χ2n) is 3.45. The first-order valence-corrected chi connectivity index (χ1v) is 6.58. The molecule has 90 valence electrons. The van der Waals surface area contributed by atoms with Crippen LogP contribution in [0.5, 0.6) is 11.5 Å². The monoisotopic (exact) mass is 243 g/mol. The first-order valence-electron chi connectivity index (χ1n) is 4.86. The van der Waals surface area contributed by atoms with E-state index in [-0.39, 0.29) is 6.04 Å². The largest absolute Gasteiger partial charge is 0.497 e. The number of ether oxygens (including phenoxy) is 2. The highest BCUT2D eigenvalue weighted by Crippen LogP contribution is 2.28. The molecule has 5 heteroatoms. The summed E-state index contributed by atoms with van der Waals surface area (Å²) in [5.41, 5.74) is 6.80. The number of rotatable bonds is 5. The molecule has 0 aliphatic carbocycles. The molecule has 4 nitrogen and oxygen atoms in total. The van der Waals surface area contributed by atoms with Crippen molar-refractivity contribution in [3.05, 3.63) is 23.8 Å². The van der Waals surface area contributed by atoms with Crippen molar-refractivity contribution in [1.82, 2.24) is 0 Å². The third-order valence-electron chi connectivity index (χ3n) is 2.25. The summed E-state index contributed by atoms with van der Waals surface area (Å²) in [6.07, 6.45) is 1.63. The van der Waals surface area contributed by atoms with Crippen LogP contribution in [0.15, 0.2) is 18.2 Å². The van der Waals surface area contributed by atoms with Gasteiger partial charge in [-0.1, -0.05) is 6.07 Å². The molecule has 0 bridgehead atoms. The Morgan fingerprint density at radius 3 is 2.56 bits per heavy atom. The Labute approximate surface area is 98.2 Å². The molecule has 0 fully saturated rings. The van der Waals surface area contributed by atoms with Gasteiger partial charge < -0.3 is 15.2 Å². The Hall–Kier alpha value is -1.07. The number of nitrogens with two attached hydrogens (primary N) is 1. The van der Waals surface area contributed by atoms with Crippen molar-refractivity contribution in [1.29, 1.82) is 0 Å². The summed E-state index contributed by atoms with van der Waals surface area (Å²) in [6, 6.07) is 5.14. The second kappa shape index (κ2) is 5.86. The minimum Gasteiger partial charge on any atom is -0.497 e. The Morgan fingerprint density at radius 1 is 1.38 bits per heavy atom. The van der Waals surface area contributed by atoms with Crippen molar-refractivity contribution >= 4 is 10.8 Å². The smallest absolute Gasteiger partial charge is 0.127 e. The molecule has 0 heterocycles. The van der Waals surface area contributed by atoms with E-state index in [0.717, 1.165) is 5.56 Å². The molecule has 0 aliphatic rings. The molecule has 0 amide bonds. The second-order valence-corrected chi connectivity index (χ2v) is 4.93. The van der Waals surface area contributed by atoms with Gasteiger partial charge in [-0.05, 0) is 6.07 Å². The van der Waals surface area contributed by atoms with E-state index in [2.05, 4.69) is 0 Å². The molecule has 0 spiro atoms. The van der Waals surface area contributed by atoms with Gasteiger partial charge in [-0.2, -0.15) is 0 Å². The number of benzene rings is 1. The third kappa shape index (κ3) is 3.21. The fraction of sp³-hybridized carbons (Fsp3) is 0.455. The Bertz CT molecular complexity index is 381. The van der Waals surface area contributed by atoms with Crippen LogP contribution in [0.3, 0.4) is 0 Å². The molecule has 0 saturated carbocycles. The summed E-state index contributed by atoms with van der Waals surface area (Å²) in [6.45, 7) is 0. The standard InChI is InChI=1S/C11H17NO3S/c1-14-8-4-5-9(11(6-8)15-2)10(12)7-16(3)13/h4-6,10H,7,12H2,1-3H3. The molecule has 2 N–H and O–H groups in total. The minimum absolute atomic E-state index is 0.285. The summed E-state index contributed by atoms with van der Waals surface area (Å²) in [7, 11) is 2.24. The summed E-state index contributed by atoms with van der Waals surface area (Å²) in [5.74, 6) is 1.80. The van der Waals surface area contributed by atoms with E-state index in [1.807, 2.05) is 12.1 Å². The molecule has 1 rings (SSSR count). The van der Waals surface area contributed by atoms with Crippen LogP contribution in [0, 0.1) is 0 Å². The molecular weight excluding hydrogens is 226 g/mol. The fourth-order valence-corrected chi connectivity index (χ4v) is 2.15. The van der Waals surface area contributed by atoms with Gasteiger partial charge in [-0.15, -0.1) is 0 Å². The van der Waals surface area contributed by atoms with Crippen molar-refractivity contribution in [2.75, 3.05) is 26.2 Å². The molecule has 2 unspecified atom stereocenters. The Balaban J connectivity index is 2.98. The van der Waals surface area contributed by atoms with Crippen molar-refractivity contribution in [3.63, 3.8) is 0 Å². The van der Waals surface area contributed by atoms with E-state index in [1.165, 1.54) is 0 Å². The van der Waals surface area contributed by atoms with E-state index in [9.17, 15) is 4.21 Å².